The number of anilines is 1. The van der Waals surface area contributed by atoms with Crippen molar-refractivity contribution in [1.82, 2.24) is 5.32 Å². The van der Waals surface area contributed by atoms with Gasteiger partial charge in [0.25, 0.3) is 5.91 Å². The van der Waals surface area contributed by atoms with E-state index in [1.807, 2.05) is 30.3 Å². The third kappa shape index (κ3) is 2.32. The second kappa shape index (κ2) is 5.39. The van der Waals surface area contributed by atoms with E-state index in [-0.39, 0.29) is 12.1 Å². The van der Waals surface area contributed by atoms with Gasteiger partial charge >= 0.3 is 0 Å². The van der Waals surface area contributed by atoms with Crippen molar-refractivity contribution in [3.05, 3.63) is 47.5 Å². The normalized spacial score (nSPS) is 18.5. The van der Waals surface area contributed by atoms with Crippen molar-refractivity contribution in [2.75, 3.05) is 25.6 Å². The minimum Gasteiger partial charge on any atom is -0.493 e. The Kier molecular flexibility index (Phi) is 3.22. The summed E-state index contributed by atoms with van der Waals surface area (Å²) in [6, 6.07) is 11.1. The molecule has 1 atom stereocenters. The number of rotatable bonds is 2. The smallest absolute Gasteiger partial charge is 0.255 e. The lowest BCUT2D eigenvalue weighted by molar-refractivity contribution is 0.0935. The quantitative estimate of drug-likeness (QED) is 0.891. The van der Waals surface area contributed by atoms with Gasteiger partial charge in [0, 0.05) is 11.3 Å². The molecule has 6 nitrogen and oxygen atoms in total. The van der Waals surface area contributed by atoms with Gasteiger partial charge in [-0.2, -0.15) is 0 Å². The van der Waals surface area contributed by atoms with Crippen LogP contribution < -0.4 is 24.8 Å². The SMILES string of the molecule is COc1cc([C@@H]2NC(=O)c3ccccc3N2)cc2c1OCCO2. The molecule has 0 unspecified atom stereocenters. The van der Waals surface area contributed by atoms with E-state index in [1.54, 1.807) is 13.2 Å². The van der Waals surface area contributed by atoms with E-state index >= 15 is 0 Å². The number of carbonyl (C=O) groups is 1. The number of benzene rings is 2. The van der Waals surface area contributed by atoms with Crippen LogP contribution in [-0.2, 0) is 0 Å². The molecular formula is C17H16N2O4. The summed E-state index contributed by atoms with van der Waals surface area (Å²) in [6.45, 7) is 0.987. The molecule has 0 spiro atoms. The number of nitrogens with one attached hydrogen (secondary N) is 2. The fourth-order valence-electron chi connectivity index (χ4n) is 2.83. The number of fused-ring (bicyclic) bond motifs is 2. The van der Waals surface area contributed by atoms with E-state index in [1.165, 1.54) is 0 Å². The molecule has 2 aliphatic heterocycles. The van der Waals surface area contributed by atoms with E-state index in [0.29, 0.717) is 36.0 Å². The van der Waals surface area contributed by atoms with Crippen molar-refractivity contribution >= 4 is 11.6 Å². The zero-order chi connectivity index (χ0) is 15.8. The van der Waals surface area contributed by atoms with Crippen molar-refractivity contribution in [3.8, 4) is 17.2 Å². The van der Waals surface area contributed by atoms with Gasteiger partial charge < -0.3 is 24.8 Å². The summed E-state index contributed by atoms with van der Waals surface area (Å²) in [7, 11) is 1.58. The minimum absolute atomic E-state index is 0.113. The summed E-state index contributed by atoms with van der Waals surface area (Å²) in [6.07, 6.45) is -0.359. The Balaban J connectivity index is 1.73. The molecule has 118 valence electrons. The fourth-order valence-corrected chi connectivity index (χ4v) is 2.83. The van der Waals surface area contributed by atoms with Gasteiger partial charge in [-0.3, -0.25) is 4.79 Å². The summed E-state index contributed by atoms with van der Waals surface area (Å²) in [5, 5.41) is 6.26. The van der Waals surface area contributed by atoms with Crippen LogP contribution in [0.2, 0.25) is 0 Å². The van der Waals surface area contributed by atoms with Crippen LogP contribution in [0.15, 0.2) is 36.4 Å². The maximum absolute atomic E-state index is 12.3. The largest absolute Gasteiger partial charge is 0.493 e. The van der Waals surface area contributed by atoms with Gasteiger partial charge in [0.1, 0.15) is 19.4 Å². The summed E-state index contributed by atoms with van der Waals surface area (Å²) < 4.78 is 16.7. The highest BCUT2D eigenvalue weighted by atomic mass is 16.6. The average molecular weight is 312 g/mol. The third-order valence-corrected chi connectivity index (χ3v) is 3.93. The van der Waals surface area contributed by atoms with E-state index < -0.39 is 0 Å². The molecule has 2 N–H and O–H groups in total. The third-order valence-electron chi connectivity index (χ3n) is 3.93. The molecule has 0 fully saturated rings. The van der Waals surface area contributed by atoms with Gasteiger partial charge in [-0.05, 0) is 24.3 Å². The van der Waals surface area contributed by atoms with Crippen molar-refractivity contribution in [2.24, 2.45) is 0 Å². The number of carbonyl (C=O) groups excluding carboxylic acids is 1. The lowest BCUT2D eigenvalue weighted by atomic mass is 10.0. The average Bonchev–Trinajstić information content (AvgIpc) is 2.60. The highest BCUT2D eigenvalue weighted by molar-refractivity contribution is 6.01. The molecule has 23 heavy (non-hydrogen) atoms. The monoisotopic (exact) mass is 312 g/mol. The lowest BCUT2D eigenvalue weighted by Gasteiger charge is -2.29. The number of methoxy groups -OCH3 is 1. The van der Waals surface area contributed by atoms with Crippen LogP contribution in [0.3, 0.4) is 0 Å². The minimum atomic E-state index is -0.359. The first-order chi connectivity index (χ1) is 11.3. The maximum Gasteiger partial charge on any atom is 0.255 e. The first kappa shape index (κ1) is 13.8. The van der Waals surface area contributed by atoms with Crippen molar-refractivity contribution in [1.29, 1.82) is 0 Å². The Morgan fingerprint density at radius 2 is 1.96 bits per heavy atom. The van der Waals surface area contributed by atoms with Crippen LogP contribution in [0.1, 0.15) is 22.1 Å². The van der Waals surface area contributed by atoms with Gasteiger partial charge in [-0.1, -0.05) is 12.1 Å². The summed E-state index contributed by atoms with van der Waals surface area (Å²) in [4.78, 5) is 12.3. The summed E-state index contributed by atoms with van der Waals surface area (Å²) in [5.41, 5.74) is 2.28. The molecule has 2 aliphatic rings. The summed E-state index contributed by atoms with van der Waals surface area (Å²) >= 11 is 0. The predicted molar refractivity (Wildman–Crippen MR) is 84.3 cm³/mol. The van der Waals surface area contributed by atoms with Gasteiger partial charge in [0.05, 0.1) is 12.7 Å². The first-order valence-corrected chi connectivity index (χ1v) is 7.40. The molecule has 4 rings (SSSR count). The molecule has 0 aliphatic carbocycles. The molecule has 0 aromatic heterocycles. The second-order valence-corrected chi connectivity index (χ2v) is 5.34. The first-order valence-electron chi connectivity index (χ1n) is 7.40. The molecule has 6 heteroatoms. The van der Waals surface area contributed by atoms with Crippen LogP contribution in [0.4, 0.5) is 5.69 Å². The Hall–Kier alpha value is -2.89. The van der Waals surface area contributed by atoms with Crippen LogP contribution in [-0.4, -0.2) is 26.2 Å². The molecule has 0 saturated heterocycles. The topological polar surface area (TPSA) is 68.8 Å². The predicted octanol–water partition coefficient (Wildman–Crippen LogP) is 2.32. The van der Waals surface area contributed by atoms with Crippen molar-refractivity contribution in [2.45, 2.75) is 6.17 Å². The standard InChI is InChI=1S/C17H16N2O4/c1-21-13-8-10(9-14-15(13)23-7-6-22-14)16-18-12-5-3-2-4-11(12)17(20)19-16/h2-5,8-9,16,18H,6-7H2,1H3,(H,19,20)/t16-/m0/s1. The zero-order valence-corrected chi connectivity index (χ0v) is 12.6. The number of hydrogen-bond donors (Lipinski definition) is 2. The number of amides is 1. The van der Waals surface area contributed by atoms with Crippen molar-refractivity contribution in [3.63, 3.8) is 0 Å². The Morgan fingerprint density at radius 1 is 1.13 bits per heavy atom. The Bertz CT molecular complexity index is 758. The molecule has 1 amide bonds. The summed E-state index contributed by atoms with van der Waals surface area (Å²) in [5.74, 6) is 1.70. The number of ether oxygens (including phenoxy) is 3. The maximum atomic E-state index is 12.3. The molecule has 2 aromatic carbocycles. The van der Waals surface area contributed by atoms with Crippen LogP contribution in [0, 0.1) is 0 Å². The van der Waals surface area contributed by atoms with Crippen LogP contribution >= 0.6 is 0 Å². The molecule has 2 aromatic rings. The van der Waals surface area contributed by atoms with Gasteiger partial charge in [0.2, 0.25) is 5.75 Å². The Morgan fingerprint density at radius 3 is 2.83 bits per heavy atom. The fraction of sp³-hybridized carbons (Fsp3) is 0.235. The highest BCUT2D eigenvalue weighted by Crippen LogP contribution is 2.42. The second-order valence-electron chi connectivity index (χ2n) is 5.34. The van der Waals surface area contributed by atoms with E-state index in [4.69, 9.17) is 14.2 Å². The number of hydrogen-bond acceptors (Lipinski definition) is 5. The van der Waals surface area contributed by atoms with Gasteiger partial charge in [0.15, 0.2) is 11.5 Å². The molecule has 2 heterocycles. The van der Waals surface area contributed by atoms with E-state index in [0.717, 1.165) is 11.3 Å². The van der Waals surface area contributed by atoms with E-state index in [2.05, 4.69) is 10.6 Å². The van der Waals surface area contributed by atoms with Crippen LogP contribution in [0.25, 0.3) is 0 Å². The number of para-hydroxylation sites is 1. The molecular weight excluding hydrogens is 296 g/mol. The van der Waals surface area contributed by atoms with E-state index in [9.17, 15) is 4.79 Å². The van der Waals surface area contributed by atoms with Crippen molar-refractivity contribution < 1.29 is 19.0 Å². The lowest BCUT2D eigenvalue weighted by Crippen LogP contribution is -2.38. The van der Waals surface area contributed by atoms with Gasteiger partial charge in [-0.15, -0.1) is 0 Å². The zero-order valence-electron chi connectivity index (χ0n) is 12.6. The molecule has 0 saturated carbocycles. The Labute approximate surface area is 133 Å². The molecule has 0 bridgehead atoms. The van der Waals surface area contributed by atoms with Crippen LogP contribution in [0.5, 0.6) is 17.2 Å². The molecule has 0 radical (unpaired) electrons. The highest BCUT2D eigenvalue weighted by Gasteiger charge is 2.27. The van der Waals surface area contributed by atoms with Gasteiger partial charge in [-0.25, -0.2) is 0 Å².